The Labute approximate surface area is 178 Å². The molecule has 0 saturated heterocycles. The standard InChI is InChI=1S/C20H18F2N6O4/c1-20(21,22)10-24-18(30)14-8-12(26-16-5-6-25-28(14)16)17(29)23-9-11-3-4-15-13(7-11)27(2)19(31)32-15/h3-8H,9-10H2,1-2H3,(H,23,29)(H,24,30). The highest BCUT2D eigenvalue weighted by molar-refractivity contribution is 5.98. The molecule has 0 fully saturated rings. The molecule has 0 radical (unpaired) electrons. The number of fused-ring (bicyclic) bond motifs is 2. The van der Waals surface area contributed by atoms with Crippen LogP contribution in [0.15, 0.2) is 45.7 Å². The second-order valence-corrected chi connectivity index (χ2v) is 7.29. The number of carbonyl (C=O) groups excluding carboxylic acids is 2. The summed E-state index contributed by atoms with van der Waals surface area (Å²) in [5.41, 5.74) is 1.73. The van der Waals surface area contributed by atoms with Crippen LogP contribution in [-0.4, -0.2) is 43.4 Å². The van der Waals surface area contributed by atoms with Gasteiger partial charge in [-0.2, -0.15) is 5.10 Å². The van der Waals surface area contributed by atoms with Crippen molar-refractivity contribution in [3.05, 3.63) is 64.0 Å². The van der Waals surface area contributed by atoms with E-state index >= 15 is 0 Å². The Bertz CT molecular complexity index is 1400. The largest absolute Gasteiger partial charge is 0.419 e. The first-order valence-electron chi connectivity index (χ1n) is 9.50. The molecule has 0 spiro atoms. The van der Waals surface area contributed by atoms with E-state index in [0.717, 1.165) is 4.52 Å². The number of oxazole rings is 1. The first kappa shape index (κ1) is 21.2. The van der Waals surface area contributed by atoms with Crippen LogP contribution in [0.25, 0.3) is 16.7 Å². The topological polar surface area (TPSA) is 124 Å². The van der Waals surface area contributed by atoms with Crippen molar-refractivity contribution >= 4 is 28.6 Å². The molecule has 3 heterocycles. The van der Waals surface area contributed by atoms with Crippen molar-refractivity contribution in [3.63, 3.8) is 0 Å². The van der Waals surface area contributed by atoms with Crippen molar-refractivity contribution in [1.82, 2.24) is 29.8 Å². The van der Waals surface area contributed by atoms with Crippen molar-refractivity contribution in [1.29, 1.82) is 0 Å². The Kier molecular flexibility index (Phi) is 5.20. The third kappa shape index (κ3) is 4.19. The minimum Gasteiger partial charge on any atom is -0.408 e. The highest BCUT2D eigenvalue weighted by Crippen LogP contribution is 2.15. The van der Waals surface area contributed by atoms with Crippen LogP contribution >= 0.6 is 0 Å². The molecule has 12 heteroatoms. The molecule has 0 atom stereocenters. The van der Waals surface area contributed by atoms with Crippen molar-refractivity contribution in [2.75, 3.05) is 6.54 Å². The molecule has 0 unspecified atom stereocenters. The van der Waals surface area contributed by atoms with Crippen LogP contribution in [0, 0.1) is 0 Å². The van der Waals surface area contributed by atoms with Gasteiger partial charge in [-0.3, -0.25) is 14.2 Å². The van der Waals surface area contributed by atoms with Gasteiger partial charge < -0.3 is 15.1 Å². The molecule has 10 nitrogen and oxygen atoms in total. The van der Waals surface area contributed by atoms with Gasteiger partial charge in [0.2, 0.25) is 0 Å². The molecule has 0 aliphatic carbocycles. The first-order valence-corrected chi connectivity index (χ1v) is 9.50. The van der Waals surface area contributed by atoms with Crippen LogP contribution in [0.5, 0.6) is 0 Å². The van der Waals surface area contributed by atoms with E-state index in [1.165, 1.54) is 22.9 Å². The number of benzene rings is 1. The average molecular weight is 444 g/mol. The van der Waals surface area contributed by atoms with Gasteiger partial charge in [-0.1, -0.05) is 6.07 Å². The minimum absolute atomic E-state index is 0.0804. The maximum absolute atomic E-state index is 13.1. The number of hydrogen-bond donors (Lipinski definition) is 2. The predicted octanol–water partition coefficient (Wildman–Crippen LogP) is 1.49. The van der Waals surface area contributed by atoms with Crippen LogP contribution in [0.2, 0.25) is 0 Å². The zero-order valence-electron chi connectivity index (χ0n) is 17.1. The first-order chi connectivity index (χ1) is 15.1. The molecule has 166 valence electrons. The lowest BCUT2D eigenvalue weighted by atomic mass is 10.2. The monoisotopic (exact) mass is 444 g/mol. The highest BCUT2D eigenvalue weighted by Gasteiger charge is 2.24. The lowest BCUT2D eigenvalue weighted by molar-refractivity contribution is 0.0219. The summed E-state index contributed by atoms with van der Waals surface area (Å²) >= 11 is 0. The number of carbonyl (C=O) groups is 2. The molecule has 4 aromatic rings. The van der Waals surface area contributed by atoms with Crippen molar-refractivity contribution in [3.8, 4) is 0 Å². The van der Waals surface area contributed by atoms with Gasteiger partial charge in [0.05, 0.1) is 18.3 Å². The lowest BCUT2D eigenvalue weighted by Gasteiger charge is -2.12. The summed E-state index contributed by atoms with van der Waals surface area (Å²) in [6, 6.07) is 7.69. The Hall–Kier alpha value is -4.09. The van der Waals surface area contributed by atoms with E-state index in [1.807, 2.05) is 0 Å². The number of alkyl halides is 2. The molecule has 2 N–H and O–H groups in total. The number of aromatic nitrogens is 4. The SMILES string of the molecule is Cn1c(=O)oc2ccc(CNC(=O)c3cc(C(=O)NCC(C)(F)F)n4nccc4n3)cc21. The number of nitrogens with one attached hydrogen (secondary N) is 2. The maximum atomic E-state index is 13.1. The molecule has 0 aliphatic heterocycles. The summed E-state index contributed by atoms with van der Waals surface area (Å²) in [7, 11) is 1.57. The van der Waals surface area contributed by atoms with Crippen molar-refractivity contribution in [2.24, 2.45) is 7.05 Å². The van der Waals surface area contributed by atoms with E-state index < -0.39 is 30.0 Å². The summed E-state index contributed by atoms with van der Waals surface area (Å²) in [6.07, 6.45) is 1.37. The summed E-state index contributed by atoms with van der Waals surface area (Å²) in [5.74, 6) is -4.98. The summed E-state index contributed by atoms with van der Waals surface area (Å²) in [6.45, 7) is -0.0672. The van der Waals surface area contributed by atoms with E-state index in [9.17, 15) is 23.2 Å². The van der Waals surface area contributed by atoms with Crippen LogP contribution in [0.4, 0.5) is 8.78 Å². The number of aryl methyl sites for hydroxylation is 1. The Morgan fingerprint density at radius 2 is 1.94 bits per heavy atom. The zero-order valence-corrected chi connectivity index (χ0v) is 17.1. The van der Waals surface area contributed by atoms with E-state index in [4.69, 9.17) is 4.42 Å². The van der Waals surface area contributed by atoms with E-state index in [-0.39, 0.29) is 23.6 Å². The quantitative estimate of drug-likeness (QED) is 0.465. The summed E-state index contributed by atoms with van der Waals surface area (Å²) in [5, 5.41) is 8.76. The molecule has 4 rings (SSSR count). The zero-order chi connectivity index (χ0) is 23.0. The number of amides is 2. The third-order valence-electron chi connectivity index (χ3n) is 4.69. The molecule has 0 bridgehead atoms. The van der Waals surface area contributed by atoms with Gasteiger partial charge in [0, 0.05) is 32.6 Å². The molecule has 32 heavy (non-hydrogen) atoms. The van der Waals surface area contributed by atoms with E-state index in [2.05, 4.69) is 20.7 Å². The van der Waals surface area contributed by atoms with Gasteiger partial charge in [0.25, 0.3) is 17.7 Å². The van der Waals surface area contributed by atoms with Gasteiger partial charge in [0.1, 0.15) is 11.4 Å². The van der Waals surface area contributed by atoms with Gasteiger partial charge in [0.15, 0.2) is 11.2 Å². The van der Waals surface area contributed by atoms with Gasteiger partial charge in [-0.15, -0.1) is 0 Å². The molecular weight excluding hydrogens is 426 g/mol. The molecule has 2 amide bonds. The number of nitrogens with zero attached hydrogens (tertiary/aromatic N) is 4. The fourth-order valence-electron chi connectivity index (χ4n) is 3.07. The smallest absolute Gasteiger partial charge is 0.408 e. The Morgan fingerprint density at radius 3 is 2.69 bits per heavy atom. The second-order valence-electron chi connectivity index (χ2n) is 7.29. The molecule has 0 saturated carbocycles. The fourth-order valence-corrected chi connectivity index (χ4v) is 3.07. The van der Waals surface area contributed by atoms with Crippen LogP contribution in [-0.2, 0) is 13.6 Å². The van der Waals surface area contributed by atoms with E-state index in [1.54, 1.807) is 25.2 Å². The van der Waals surface area contributed by atoms with Gasteiger partial charge in [-0.05, 0) is 17.7 Å². The lowest BCUT2D eigenvalue weighted by Crippen LogP contribution is -2.36. The van der Waals surface area contributed by atoms with Crippen LogP contribution in [0.3, 0.4) is 0 Å². The van der Waals surface area contributed by atoms with Crippen LogP contribution in [0.1, 0.15) is 33.5 Å². The third-order valence-corrected chi connectivity index (χ3v) is 4.69. The predicted molar refractivity (Wildman–Crippen MR) is 109 cm³/mol. The number of rotatable bonds is 6. The Morgan fingerprint density at radius 1 is 1.16 bits per heavy atom. The second kappa shape index (κ2) is 7.87. The van der Waals surface area contributed by atoms with Crippen molar-refractivity contribution < 1.29 is 22.8 Å². The van der Waals surface area contributed by atoms with E-state index in [0.29, 0.717) is 23.6 Å². The normalized spacial score (nSPS) is 11.8. The summed E-state index contributed by atoms with van der Waals surface area (Å²) < 4.78 is 33.8. The fraction of sp³-hybridized carbons (Fsp3) is 0.250. The average Bonchev–Trinajstić information content (AvgIpc) is 3.33. The number of hydrogen-bond acceptors (Lipinski definition) is 6. The van der Waals surface area contributed by atoms with Crippen molar-refractivity contribution in [2.45, 2.75) is 19.4 Å². The molecular formula is C20H18F2N6O4. The molecule has 0 aliphatic rings. The molecule has 3 aromatic heterocycles. The summed E-state index contributed by atoms with van der Waals surface area (Å²) in [4.78, 5) is 40.9. The molecule has 1 aromatic carbocycles. The minimum atomic E-state index is -3.09. The maximum Gasteiger partial charge on any atom is 0.419 e. The number of halogens is 2. The van der Waals surface area contributed by atoms with Crippen LogP contribution < -0.4 is 16.4 Å². The van der Waals surface area contributed by atoms with Gasteiger partial charge >= 0.3 is 5.76 Å². The van der Waals surface area contributed by atoms with Gasteiger partial charge in [-0.25, -0.2) is 23.1 Å². The Balaban J connectivity index is 1.55. The highest BCUT2D eigenvalue weighted by atomic mass is 19.3.